The summed E-state index contributed by atoms with van der Waals surface area (Å²) in [5, 5.41) is 27.9. The number of carbonyl (C=O) groups excluding carboxylic acids is 1. The number of carboxylic acids is 1. The number of hydrogen-bond donors (Lipinski definition) is 3. The van der Waals surface area contributed by atoms with Gasteiger partial charge in [-0.25, -0.2) is 0 Å². The normalized spacial score (nSPS) is 13.9. The van der Waals surface area contributed by atoms with Crippen LogP contribution < -0.4 is 0 Å². The molecule has 0 spiro atoms. The highest BCUT2D eigenvalue weighted by Gasteiger charge is 2.21. The summed E-state index contributed by atoms with van der Waals surface area (Å²) in [4.78, 5) is 21.4. The summed E-state index contributed by atoms with van der Waals surface area (Å²) in [6, 6.07) is 6.57. The van der Waals surface area contributed by atoms with Crippen molar-refractivity contribution < 1.29 is 24.9 Å². The quantitative estimate of drug-likeness (QED) is 0.692. The smallest absolute Gasteiger partial charge is 0.306 e. The third-order valence-corrected chi connectivity index (χ3v) is 2.49. The Hall–Kier alpha value is -1.72. The minimum Gasteiger partial charge on any atom is -0.481 e. The lowest BCUT2D eigenvalue weighted by molar-refractivity contribution is -0.141. The van der Waals surface area contributed by atoms with E-state index in [0.717, 1.165) is 5.56 Å². The predicted octanol–water partition coefficient (Wildman–Crippen LogP) is 0.687. The van der Waals surface area contributed by atoms with Crippen LogP contribution in [0.4, 0.5) is 0 Å². The van der Waals surface area contributed by atoms with Crippen molar-refractivity contribution in [2.24, 2.45) is 0 Å². The van der Waals surface area contributed by atoms with E-state index in [2.05, 4.69) is 0 Å². The molecule has 3 N–H and O–H groups in total. The molecule has 0 aliphatic heterocycles. The van der Waals surface area contributed by atoms with Crippen molar-refractivity contribution in [1.29, 1.82) is 0 Å². The molecule has 18 heavy (non-hydrogen) atoms. The highest BCUT2D eigenvalue weighted by Crippen LogP contribution is 2.20. The third kappa shape index (κ3) is 4.27. The first-order valence-corrected chi connectivity index (χ1v) is 5.56. The van der Waals surface area contributed by atoms with E-state index < -0.39 is 24.6 Å². The van der Waals surface area contributed by atoms with Gasteiger partial charge in [-0.3, -0.25) is 9.59 Å². The Kier molecular flexibility index (Phi) is 5.00. The van der Waals surface area contributed by atoms with Gasteiger partial charge in [0.1, 0.15) is 11.9 Å². The van der Waals surface area contributed by atoms with Gasteiger partial charge in [0, 0.05) is 6.42 Å². The van der Waals surface area contributed by atoms with Gasteiger partial charge in [0.15, 0.2) is 0 Å². The molecule has 2 atom stereocenters. The summed E-state index contributed by atoms with van der Waals surface area (Å²) in [7, 11) is 0. The number of aliphatic hydroxyl groups excluding tert-OH is 2. The van der Waals surface area contributed by atoms with Crippen molar-refractivity contribution in [3.63, 3.8) is 0 Å². The molecule has 0 saturated carbocycles. The van der Waals surface area contributed by atoms with Gasteiger partial charge in [0.05, 0.1) is 12.5 Å². The van der Waals surface area contributed by atoms with E-state index in [1.54, 1.807) is 24.3 Å². The molecule has 98 valence electrons. The zero-order chi connectivity index (χ0) is 13.7. The maximum atomic E-state index is 11.0. The van der Waals surface area contributed by atoms with Gasteiger partial charge in [-0.15, -0.1) is 0 Å². The first-order valence-electron chi connectivity index (χ1n) is 5.56. The van der Waals surface area contributed by atoms with Crippen molar-refractivity contribution >= 4 is 11.8 Å². The molecule has 1 aromatic carbocycles. The van der Waals surface area contributed by atoms with Gasteiger partial charge < -0.3 is 15.3 Å². The number of hydrogen-bond acceptors (Lipinski definition) is 4. The van der Waals surface area contributed by atoms with Crippen molar-refractivity contribution in [3.8, 4) is 0 Å². The largest absolute Gasteiger partial charge is 0.481 e. The van der Waals surface area contributed by atoms with E-state index in [9.17, 15) is 19.8 Å². The van der Waals surface area contributed by atoms with Crippen LogP contribution in [0.5, 0.6) is 0 Å². The molecule has 0 aliphatic carbocycles. The monoisotopic (exact) mass is 252 g/mol. The van der Waals surface area contributed by atoms with Gasteiger partial charge in [0.2, 0.25) is 0 Å². The first-order chi connectivity index (χ1) is 8.40. The molecule has 0 bridgehead atoms. The highest BCUT2D eigenvalue weighted by molar-refractivity contribution is 5.78. The van der Waals surface area contributed by atoms with E-state index in [1.807, 2.05) is 0 Å². The van der Waals surface area contributed by atoms with Crippen LogP contribution in [0.3, 0.4) is 0 Å². The van der Waals surface area contributed by atoms with Gasteiger partial charge in [-0.1, -0.05) is 24.3 Å². The lowest BCUT2D eigenvalue weighted by Gasteiger charge is -2.17. The van der Waals surface area contributed by atoms with Crippen molar-refractivity contribution in [3.05, 3.63) is 35.4 Å². The number of Topliss-reactive ketones (excluding diaryl/α,β-unsaturated/α-hetero) is 1. The van der Waals surface area contributed by atoms with Crippen LogP contribution in [0, 0.1) is 0 Å². The Bertz CT molecular complexity index is 441. The number of rotatable bonds is 6. The summed E-state index contributed by atoms with van der Waals surface area (Å²) >= 11 is 0. The molecule has 1 aromatic rings. The Balaban J connectivity index is 2.82. The molecule has 0 fully saturated rings. The molecule has 5 nitrogen and oxygen atoms in total. The van der Waals surface area contributed by atoms with E-state index in [1.165, 1.54) is 6.92 Å². The number of carbonyl (C=O) groups is 2. The standard InChI is InChI=1S/C13H16O5/c1-8(14)5-9-3-2-4-10(6-9)13(18)11(15)7-12(16)17/h2-4,6,11,13,15,18H,5,7H2,1H3,(H,16,17). The van der Waals surface area contributed by atoms with E-state index >= 15 is 0 Å². The molecule has 1 rings (SSSR count). The molecule has 0 heterocycles. The lowest BCUT2D eigenvalue weighted by Crippen LogP contribution is -2.21. The second kappa shape index (κ2) is 6.28. The van der Waals surface area contributed by atoms with Gasteiger partial charge in [-0.05, 0) is 18.1 Å². The summed E-state index contributed by atoms with van der Waals surface area (Å²) in [5.41, 5.74) is 1.13. The fourth-order valence-electron chi connectivity index (χ4n) is 1.69. The van der Waals surface area contributed by atoms with E-state index in [4.69, 9.17) is 5.11 Å². The molecule has 0 aromatic heterocycles. The van der Waals surface area contributed by atoms with Crippen LogP contribution in [-0.4, -0.2) is 33.2 Å². The SMILES string of the molecule is CC(=O)Cc1cccc(C(O)C(O)CC(=O)O)c1. The Labute approximate surface area is 105 Å². The van der Waals surface area contributed by atoms with Crippen LogP contribution in [0.1, 0.15) is 30.6 Å². The average Bonchev–Trinajstić information content (AvgIpc) is 2.26. The van der Waals surface area contributed by atoms with Crippen LogP contribution in [0.25, 0.3) is 0 Å². The van der Waals surface area contributed by atoms with Crippen LogP contribution >= 0.6 is 0 Å². The lowest BCUT2D eigenvalue weighted by atomic mass is 9.98. The summed E-state index contributed by atoms with van der Waals surface area (Å²) in [5.74, 6) is -1.19. The van der Waals surface area contributed by atoms with Gasteiger partial charge in [0.25, 0.3) is 0 Å². The topological polar surface area (TPSA) is 94.8 Å². The molecule has 2 unspecified atom stereocenters. The molecule has 0 radical (unpaired) electrons. The molecular weight excluding hydrogens is 236 g/mol. The van der Waals surface area contributed by atoms with Crippen molar-refractivity contribution in [2.45, 2.75) is 32.0 Å². The molecule has 5 heteroatoms. The van der Waals surface area contributed by atoms with Crippen LogP contribution in [0.2, 0.25) is 0 Å². The number of carboxylic acid groups (broad SMARTS) is 1. The summed E-state index contributed by atoms with van der Waals surface area (Å²) in [6.45, 7) is 1.46. The van der Waals surface area contributed by atoms with E-state index in [-0.39, 0.29) is 12.2 Å². The average molecular weight is 252 g/mol. The minimum absolute atomic E-state index is 0.00674. The highest BCUT2D eigenvalue weighted by atomic mass is 16.4. The fraction of sp³-hybridized carbons (Fsp3) is 0.385. The summed E-state index contributed by atoms with van der Waals surface area (Å²) < 4.78 is 0. The zero-order valence-corrected chi connectivity index (χ0v) is 10.0. The zero-order valence-electron chi connectivity index (χ0n) is 10.0. The first kappa shape index (κ1) is 14.3. The van der Waals surface area contributed by atoms with Crippen molar-refractivity contribution in [1.82, 2.24) is 0 Å². The maximum Gasteiger partial charge on any atom is 0.306 e. The summed E-state index contributed by atoms with van der Waals surface area (Å²) in [6.07, 6.45) is -2.92. The number of benzene rings is 1. The molecule has 0 amide bonds. The second-order valence-corrected chi connectivity index (χ2v) is 4.23. The molecule has 0 aliphatic rings. The number of aliphatic hydroxyl groups is 2. The second-order valence-electron chi connectivity index (χ2n) is 4.23. The van der Waals surface area contributed by atoms with Crippen molar-refractivity contribution in [2.75, 3.05) is 0 Å². The Morgan fingerprint density at radius 2 is 1.94 bits per heavy atom. The number of ketones is 1. The van der Waals surface area contributed by atoms with Crippen LogP contribution in [0.15, 0.2) is 24.3 Å². The fourth-order valence-corrected chi connectivity index (χ4v) is 1.69. The predicted molar refractivity (Wildman–Crippen MR) is 64.0 cm³/mol. The van der Waals surface area contributed by atoms with Gasteiger partial charge >= 0.3 is 5.97 Å². The van der Waals surface area contributed by atoms with Crippen LogP contribution in [-0.2, 0) is 16.0 Å². The Morgan fingerprint density at radius 3 is 2.50 bits per heavy atom. The molecule has 0 saturated heterocycles. The number of aliphatic carboxylic acids is 1. The minimum atomic E-state index is -1.37. The van der Waals surface area contributed by atoms with E-state index in [0.29, 0.717) is 5.56 Å². The third-order valence-electron chi connectivity index (χ3n) is 2.49. The maximum absolute atomic E-state index is 11.0. The Morgan fingerprint density at radius 1 is 1.28 bits per heavy atom. The molecular formula is C13H16O5. The van der Waals surface area contributed by atoms with Gasteiger partial charge in [-0.2, -0.15) is 0 Å².